The molecule has 0 aliphatic heterocycles. The number of hydrogen-bond donors (Lipinski definition) is 1. The van der Waals surface area contributed by atoms with E-state index >= 15 is 0 Å². The highest BCUT2D eigenvalue weighted by molar-refractivity contribution is 6.33. The maximum Gasteiger partial charge on any atom is 0.138 e. The van der Waals surface area contributed by atoms with E-state index in [0.29, 0.717) is 16.6 Å². The molecule has 0 spiro atoms. The predicted molar refractivity (Wildman–Crippen MR) is 85.1 cm³/mol. The molecular formula is C15H12Cl2N4. The average molecular weight is 319 g/mol. The third-order valence-corrected chi connectivity index (χ3v) is 3.65. The van der Waals surface area contributed by atoms with Crippen LogP contribution in [0, 0.1) is 0 Å². The van der Waals surface area contributed by atoms with Gasteiger partial charge in [0.2, 0.25) is 0 Å². The lowest BCUT2D eigenvalue weighted by atomic mass is 10.2. The van der Waals surface area contributed by atoms with Gasteiger partial charge in [0.25, 0.3) is 0 Å². The fraction of sp³-hybridized carbons (Fsp3) is 0.0667. The fourth-order valence-corrected chi connectivity index (χ4v) is 2.40. The van der Waals surface area contributed by atoms with E-state index in [-0.39, 0.29) is 0 Å². The van der Waals surface area contributed by atoms with Crippen molar-refractivity contribution in [2.45, 2.75) is 6.54 Å². The van der Waals surface area contributed by atoms with Crippen LogP contribution in [0.4, 0.5) is 5.69 Å². The Morgan fingerprint density at radius 2 is 1.95 bits per heavy atom. The van der Waals surface area contributed by atoms with Crippen molar-refractivity contribution < 1.29 is 0 Å². The molecule has 0 amide bonds. The van der Waals surface area contributed by atoms with Gasteiger partial charge in [-0.05, 0) is 35.9 Å². The summed E-state index contributed by atoms with van der Waals surface area (Å²) in [5.74, 6) is 0. The van der Waals surface area contributed by atoms with E-state index in [2.05, 4.69) is 15.4 Å². The standard InChI is InChI=1S/C15H12Cl2N4/c16-12-5-6-13(17)11(7-12)8-19-14-3-1-2-4-15(14)21-10-18-9-20-21/h1-7,9-10,19H,8H2. The Morgan fingerprint density at radius 1 is 1.10 bits per heavy atom. The van der Waals surface area contributed by atoms with Gasteiger partial charge < -0.3 is 5.32 Å². The quantitative estimate of drug-likeness (QED) is 0.784. The number of nitrogens with zero attached hydrogens (tertiary/aromatic N) is 3. The summed E-state index contributed by atoms with van der Waals surface area (Å²) in [6, 6.07) is 13.3. The van der Waals surface area contributed by atoms with Crippen LogP contribution in [0.1, 0.15) is 5.56 Å². The van der Waals surface area contributed by atoms with E-state index in [9.17, 15) is 0 Å². The molecule has 6 heteroatoms. The van der Waals surface area contributed by atoms with Crippen molar-refractivity contribution in [1.82, 2.24) is 14.8 Å². The van der Waals surface area contributed by atoms with Gasteiger partial charge in [0.1, 0.15) is 12.7 Å². The van der Waals surface area contributed by atoms with Gasteiger partial charge in [-0.1, -0.05) is 35.3 Å². The molecule has 0 atom stereocenters. The van der Waals surface area contributed by atoms with Crippen LogP contribution in [-0.2, 0) is 6.54 Å². The van der Waals surface area contributed by atoms with Crippen LogP contribution in [0.3, 0.4) is 0 Å². The highest BCUT2D eigenvalue weighted by Crippen LogP contribution is 2.24. The molecule has 0 aliphatic carbocycles. The second-order valence-corrected chi connectivity index (χ2v) is 5.29. The van der Waals surface area contributed by atoms with Gasteiger partial charge in [-0.2, -0.15) is 5.10 Å². The van der Waals surface area contributed by atoms with Crippen molar-refractivity contribution in [3.63, 3.8) is 0 Å². The Labute approximate surface area is 132 Å². The molecule has 1 aromatic heterocycles. The molecule has 0 aliphatic rings. The third-order valence-electron chi connectivity index (χ3n) is 3.05. The summed E-state index contributed by atoms with van der Waals surface area (Å²) in [4.78, 5) is 3.97. The molecule has 0 saturated heterocycles. The first kappa shape index (κ1) is 13.9. The van der Waals surface area contributed by atoms with Crippen LogP contribution in [0.5, 0.6) is 0 Å². The topological polar surface area (TPSA) is 42.7 Å². The van der Waals surface area contributed by atoms with Gasteiger partial charge in [0.05, 0.1) is 11.4 Å². The monoisotopic (exact) mass is 318 g/mol. The molecule has 0 radical (unpaired) electrons. The van der Waals surface area contributed by atoms with Gasteiger partial charge in [0, 0.05) is 16.6 Å². The zero-order chi connectivity index (χ0) is 14.7. The summed E-state index contributed by atoms with van der Waals surface area (Å²) >= 11 is 12.2. The smallest absolute Gasteiger partial charge is 0.138 e. The molecule has 0 fully saturated rings. The Balaban J connectivity index is 1.84. The van der Waals surface area contributed by atoms with Gasteiger partial charge in [0.15, 0.2) is 0 Å². The second kappa shape index (κ2) is 6.16. The molecule has 3 aromatic rings. The van der Waals surface area contributed by atoms with E-state index < -0.39 is 0 Å². The van der Waals surface area contributed by atoms with Gasteiger partial charge >= 0.3 is 0 Å². The van der Waals surface area contributed by atoms with E-state index in [1.807, 2.05) is 30.3 Å². The summed E-state index contributed by atoms with van der Waals surface area (Å²) in [5, 5.41) is 8.86. The fourth-order valence-electron chi connectivity index (χ4n) is 2.02. The first-order valence-electron chi connectivity index (χ1n) is 6.36. The SMILES string of the molecule is Clc1ccc(Cl)c(CNc2ccccc2-n2cncn2)c1. The normalized spacial score (nSPS) is 10.6. The first-order valence-corrected chi connectivity index (χ1v) is 7.11. The van der Waals surface area contributed by atoms with Crippen molar-refractivity contribution in [2.75, 3.05) is 5.32 Å². The average Bonchev–Trinajstić information content (AvgIpc) is 3.03. The van der Waals surface area contributed by atoms with Gasteiger partial charge in [-0.15, -0.1) is 0 Å². The number of para-hydroxylation sites is 2. The number of aromatic nitrogens is 3. The van der Waals surface area contributed by atoms with E-state index in [1.54, 1.807) is 23.1 Å². The lowest BCUT2D eigenvalue weighted by Gasteiger charge is -2.12. The van der Waals surface area contributed by atoms with Crippen LogP contribution in [0.25, 0.3) is 5.69 Å². The minimum absolute atomic E-state index is 0.575. The second-order valence-electron chi connectivity index (χ2n) is 4.45. The maximum atomic E-state index is 6.18. The van der Waals surface area contributed by atoms with Crippen LogP contribution in [-0.4, -0.2) is 14.8 Å². The first-order chi connectivity index (χ1) is 10.2. The molecule has 0 unspecified atom stereocenters. The lowest BCUT2D eigenvalue weighted by Crippen LogP contribution is -2.05. The zero-order valence-corrected chi connectivity index (χ0v) is 12.5. The molecule has 21 heavy (non-hydrogen) atoms. The van der Waals surface area contributed by atoms with Gasteiger partial charge in [-0.25, -0.2) is 9.67 Å². The molecule has 3 rings (SSSR count). The maximum absolute atomic E-state index is 6.18. The highest BCUT2D eigenvalue weighted by Gasteiger charge is 2.06. The largest absolute Gasteiger partial charge is 0.379 e. The Morgan fingerprint density at radius 3 is 2.76 bits per heavy atom. The van der Waals surface area contributed by atoms with E-state index in [1.165, 1.54) is 6.33 Å². The van der Waals surface area contributed by atoms with Crippen LogP contribution >= 0.6 is 23.2 Å². The van der Waals surface area contributed by atoms with Crippen molar-refractivity contribution >= 4 is 28.9 Å². The minimum atomic E-state index is 0.575. The molecule has 2 aromatic carbocycles. The summed E-state index contributed by atoms with van der Waals surface area (Å²) < 4.78 is 1.71. The molecule has 4 nitrogen and oxygen atoms in total. The lowest BCUT2D eigenvalue weighted by molar-refractivity contribution is 0.878. The van der Waals surface area contributed by atoms with Crippen LogP contribution in [0.15, 0.2) is 55.1 Å². The zero-order valence-electron chi connectivity index (χ0n) is 11.0. The summed E-state index contributed by atoms with van der Waals surface area (Å²) in [5.41, 5.74) is 2.81. The van der Waals surface area contributed by atoms with Crippen molar-refractivity contribution in [3.8, 4) is 5.69 Å². The summed E-state index contributed by atoms with van der Waals surface area (Å²) in [7, 11) is 0. The van der Waals surface area contributed by atoms with E-state index in [0.717, 1.165) is 16.9 Å². The van der Waals surface area contributed by atoms with Crippen LogP contribution < -0.4 is 5.32 Å². The Bertz CT molecular complexity index is 741. The summed E-state index contributed by atoms with van der Waals surface area (Å²) in [6.07, 6.45) is 3.16. The number of nitrogens with one attached hydrogen (secondary N) is 1. The van der Waals surface area contributed by atoms with Crippen molar-refractivity contribution in [3.05, 3.63) is 70.7 Å². The van der Waals surface area contributed by atoms with Gasteiger partial charge in [-0.3, -0.25) is 0 Å². The Kier molecular flexibility index (Phi) is 4.08. The van der Waals surface area contributed by atoms with Crippen molar-refractivity contribution in [1.29, 1.82) is 0 Å². The minimum Gasteiger partial charge on any atom is -0.379 e. The predicted octanol–water partition coefficient (Wildman–Crippen LogP) is 4.19. The van der Waals surface area contributed by atoms with E-state index in [4.69, 9.17) is 23.2 Å². The molecule has 106 valence electrons. The molecule has 1 N–H and O–H groups in total. The number of benzene rings is 2. The molecule has 1 heterocycles. The number of rotatable bonds is 4. The molecule has 0 saturated carbocycles. The van der Waals surface area contributed by atoms with Crippen LogP contribution in [0.2, 0.25) is 10.0 Å². The third kappa shape index (κ3) is 3.17. The number of halogens is 2. The number of anilines is 1. The molecular weight excluding hydrogens is 307 g/mol. The number of hydrogen-bond acceptors (Lipinski definition) is 3. The molecule has 0 bridgehead atoms. The highest BCUT2D eigenvalue weighted by atomic mass is 35.5. The van der Waals surface area contributed by atoms with Crippen molar-refractivity contribution in [2.24, 2.45) is 0 Å². The Hall–Kier alpha value is -2.04. The summed E-state index contributed by atoms with van der Waals surface area (Å²) in [6.45, 7) is 0.575.